The molecular formula is C26H31FN2O4. The van der Waals surface area contributed by atoms with Crippen LogP contribution >= 0.6 is 0 Å². The Hall–Kier alpha value is -3.19. The molecular weight excluding hydrogens is 423 g/mol. The lowest BCUT2D eigenvalue weighted by Gasteiger charge is -2.28. The van der Waals surface area contributed by atoms with Crippen molar-refractivity contribution in [2.45, 2.75) is 39.8 Å². The molecule has 2 aromatic carbocycles. The van der Waals surface area contributed by atoms with Crippen molar-refractivity contribution >= 4 is 17.4 Å². The van der Waals surface area contributed by atoms with Crippen molar-refractivity contribution in [2.24, 2.45) is 0 Å². The normalized spacial score (nSPS) is 17.9. The number of benzene rings is 2. The lowest BCUT2D eigenvalue weighted by molar-refractivity contribution is -0.140. The third-order valence-electron chi connectivity index (χ3n) is 5.79. The zero-order valence-corrected chi connectivity index (χ0v) is 19.5. The van der Waals surface area contributed by atoms with Crippen LogP contribution in [0, 0.1) is 5.82 Å². The molecule has 1 N–H and O–H groups in total. The Balaban J connectivity index is 2.06. The molecule has 0 saturated carbocycles. The lowest BCUT2D eigenvalue weighted by Crippen LogP contribution is -2.38. The molecule has 1 heterocycles. The number of halogens is 1. The molecule has 1 saturated heterocycles. The first kappa shape index (κ1) is 24.5. The molecule has 0 bridgehead atoms. The van der Waals surface area contributed by atoms with E-state index in [2.05, 4.69) is 4.90 Å². The van der Waals surface area contributed by atoms with Gasteiger partial charge in [-0.3, -0.25) is 9.59 Å². The van der Waals surface area contributed by atoms with Gasteiger partial charge in [-0.2, -0.15) is 0 Å². The molecule has 1 aliphatic rings. The number of aliphatic hydroxyl groups excluding tert-OH is 1. The van der Waals surface area contributed by atoms with Gasteiger partial charge in [0.25, 0.3) is 11.7 Å². The van der Waals surface area contributed by atoms with Gasteiger partial charge in [0.1, 0.15) is 17.3 Å². The summed E-state index contributed by atoms with van der Waals surface area (Å²) in [6.07, 6.45) is -0.0124. The number of ether oxygens (including phenoxy) is 1. The Morgan fingerprint density at radius 3 is 2.30 bits per heavy atom. The third-order valence-corrected chi connectivity index (χ3v) is 5.79. The fourth-order valence-electron chi connectivity index (χ4n) is 4.04. The average molecular weight is 455 g/mol. The quantitative estimate of drug-likeness (QED) is 0.346. The second kappa shape index (κ2) is 10.6. The van der Waals surface area contributed by atoms with Crippen LogP contribution < -0.4 is 4.74 Å². The Labute approximate surface area is 194 Å². The van der Waals surface area contributed by atoms with Gasteiger partial charge >= 0.3 is 0 Å². The molecule has 7 heteroatoms. The number of ketones is 1. The van der Waals surface area contributed by atoms with Gasteiger partial charge in [-0.05, 0) is 57.3 Å². The SMILES string of the molecule is CCN(CC)CCN1C(=O)C(=O)C(=C(O)c2ccc(OC(C)C)cc2)[C@@H]1c1ccccc1F. The zero-order valence-electron chi connectivity index (χ0n) is 19.5. The molecule has 0 spiro atoms. The lowest BCUT2D eigenvalue weighted by atomic mass is 9.95. The van der Waals surface area contributed by atoms with Crippen molar-refractivity contribution in [2.75, 3.05) is 26.2 Å². The molecule has 0 unspecified atom stereocenters. The van der Waals surface area contributed by atoms with E-state index in [9.17, 15) is 19.1 Å². The van der Waals surface area contributed by atoms with E-state index < -0.39 is 23.5 Å². The first-order chi connectivity index (χ1) is 15.8. The molecule has 6 nitrogen and oxygen atoms in total. The van der Waals surface area contributed by atoms with E-state index in [0.29, 0.717) is 17.9 Å². The highest BCUT2D eigenvalue weighted by atomic mass is 19.1. The summed E-state index contributed by atoms with van der Waals surface area (Å²) in [6, 6.07) is 11.6. The van der Waals surface area contributed by atoms with Crippen molar-refractivity contribution in [3.8, 4) is 5.75 Å². The Morgan fingerprint density at radius 1 is 1.09 bits per heavy atom. The molecule has 0 radical (unpaired) electrons. The number of carbonyl (C=O) groups is 2. The summed E-state index contributed by atoms with van der Waals surface area (Å²) < 4.78 is 20.5. The molecule has 0 aliphatic carbocycles. The predicted molar refractivity (Wildman–Crippen MR) is 125 cm³/mol. The summed E-state index contributed by atoms with van der Waals surface area (Å²) in [5.74, 6) is -1.81. The first-order valence-electron chi connectivity index (χ1n) is 11.3. The topological polar surface area (TPSA) is 70.1 Å². The summed E-state index contributed by atoms with van der Waals surface area (Å²) in [5.41, 5.74) is 0.425. The maximum Gasteiger partial charge on any atom is 0.295 e. The van der Waals surface area contributed by atoms with Crippen LogP contribution in [0.1, 0.15) is 44.9 Å². The number of amides is 1. The average Bonchev–Trinajstić information content (AvgIpc) is 3.04. The minimum atomic E-state index is -1.01. The van der Waals surface area contributed by atoms with Gasteiger partial charge in [-0.25, -0.2) is 4.39 Å². The number of Topliss-reactive ketones (excluding diaryl/α,β-unsaturated/α-hetero) is 1. The highest BCUT2D eigenvalue weighted by molar-refractivity contribution is 6.46. The van der Waals surface area contributed by atoms with Crippen molar-refractivity contribution in [3.05, 3.63) is 71.0 Å². The summed E-state index contributed by atoms with van der Waals surface area (Å²) >= 11 is 0. The summed E-state index contributed by atoms with van der Waals surface area (Å²) in [4.78, 5) is 29.5. The highest BCUT2D eigenvalue weighted by Crippen LogP contribution is 2.40. The number of carbonyl (C=O) groups excluding carboxylic acids is 2. The van der Waals surface area contributed by atoms with Gasteiger partial charge in [-0.15, -0.1) is 0 Å². The summed E-state index contributed by atoms with van der Waals surface area (Å²) in [7, 11) is 0. The zero-order chi connectivity index (χ0) is 24.1. The van der Waals surface area contributed by atoms with Crippen LogP contribution in [-0.2, 0) is 9.59 Å². The fourth-order valence-corrected chi connectivity index (χ4v) is 4.04. The molecule has 2 aromatic rings. The van der Waals surface area contributed by atoms with Gasteiger partial charge in [0, 0.05) is 24.2 Å². The number of aliphatic hydroxyl groups is 1. The number of nitrogens with zero attached hydrogens (tertiary/aromatic N) is 2. The van der Waals surface area contributed by atoms with Crippen LogP contribution in [-0.4, -0.2) is 58.9 Å². The number of likely N-dealkylation sites (tertiary alicyclic amines) is 1. The minimum Gasteiger partial charge on any atom is -0.507 e. The van der Waals surface area contributed by atoms with E-state index in [4.69, 9.17) is 4.74 Å². The number of rotatable bonds is 9. The van der Waals surface area contributed by atoms with E-state index in [1.807, 2.05) is 27.7 Å². The molecule has 0 aromatic heterocycles. The van der Waals surface area contributed by atoms with Crippen LogP contribution in [0.15, 0.2) is 54.1 Å². The first-order valence-corrected chi connectivity index (χ1v) is 11.3. The molecule has 1 aliphatic heterocycles. The van der Waals surface area contributed by atoms with Gasteiger partial charge in [0.15, 0.2) is 0 Å². The number of likely N-dealkylation sites (N-methyl/N-ethyl adjacent to an activating group) is 1. The van der Waals surface area contributed by atoms with Gasteiger partial charge in [0.2, 0.25) is 0 Å². The summed E-state index contributed by atoms with van der Waals surface area (Å²) in [6.45, 7) is 10.2. The van der Waals surface area contributed by atoms with Crippen molar-refractivity contribution in [1.29, 1.82) is 0 Å². The van der Waals surface area contributed by atoms with E-state index in [-0.39, 0.29) is 29.5 Å². The Bertz CT molecular complexity index is 1030. The van der Waals surface area contributed by atoms with E-state index >= 15 is 0 Å². The van der Waals surface area contributed by atoms with Crippen LogP contribution in [0.3, 0.4) is 0 Å². The van der Waals surface area contributed by atoms with Crippen LogP contribution in [0.5, 0.6) is 5.75 Å². The Kier molecular flexibility index (Phi) is 7.87. The standard InChI is InChI=1S/C26H31FN2O4/c1-5-28(6-2)15-16-29-23(20-9-7-8-10-21(20)27)22(25(31)26(29)32)24(30)18-11-13-19(14-12-18)33-17(3)4/h7-14,17,23,30H,5-6,15-16H2,1-4H3/t23-/m0/s1. The molecule has 176 valence electrons. The van der Waals surface area contributed by atoms with Gasteiger partial charge < -0.3 is 19.6 Å². The minimum absolute atomic E-state index is 0.0124. The number of hydrogen-bond acceptors (Lipinski definition) is 5. The second-order valence-corrected chi connectivity index (χ2v) is 8.23. The van der Waals surface area contributed by atoms with E-state index in [1.54, 1.807) is 42.5 Å². The van der Waals surface area contributed by atoms with Crippen LogP contribution in [0.4, 0.5) is 4.39 Å². The van der Waals surface area contributed by atoms with Gasteiger partial charge in [0.05, 0.1) is 17.7 Å². The third kappa shape index (κ3) is 5.25. The van der Waals surface area contributed by atoms with Crippen molar-refractivity contribution < 1.29 is 23.8 Å². The molecule has 33 heavy (non-hydrogen) atoms. The van der Waals surface area contributed by atoms with Crippen LogP contribution in [0.2, 0.25) is 0 Å². The van der Waals surface area contributed by atoms with E-state index in [0.717, 1.165) is 13.1 Å². The maximum atomic E-state index is 14.8. The smallest absolute Gasteiger partial charge is 0.295 e. The van der Waals surface area contributed by atoms with E-state index in [1.165, 1.54) is 11.0 Å². The highest BCUT2D eigenvalue weighted by Gasteiger charge is 2.46. The second-order valence-electron chi connectivity index (χ2n) is 8.23. The van der Waals surface area contributed by atoms with Gasteiger partial charge in [-0.1, -0.05) is 32.0 Å². The molecule has 1 fully saturated rings. The van der Waals surface area contributed by atoms with Crippen LogP contribution in [0.25, 0.3) is 5.76 Å². The predicted octanol–water partition coefficient (Wildman–Crippen LogP) is 4.38. The van der Waals surface area contributed by atoms with Crippen molar-refractivity contribution in [1.82, 2.24) is 9.80 Å². The summed E-state index contributed by atoms with van der Waals surface area (Å²) in [5, 5.41) is 11.1. The number of hydrogen-bond donors (Lipinski definition) is 1. The Morgan fingerprint density at radius 2 is 1.73 bits per heavy atom. The van der Waals surface area contributed by atoms with Crippen molar-refractivity contribution in [3.63, 3.8) is 0 Å². The molecule has 1 amide bonds. The fraction of sp³-hybridized carbons (Fsp3) is 0.385. The monoisotopic (exact) mass is 454 g/mol. The molecule has 3 rings (SSSR count). The maximum absolute atomic E-state index is 14.8. The molecule has 1 atom stereocenters. The largest absolute Gasteiger partial charge is 0.507 e.